The van der Waals surface area contributed by atoms with Crippen molar-refractivity contribution in [2.24, 2.45) is 5.73 Å². The highest BCUT2D eigenvalue weighted by Gasteiger charge is 2.34. The summed E-state index contributed by atoms with van der Waals surface area (Å²) in [6.07, 6.45) is -4.66. The second-order valence-corrected chi connectivity index (χ2v) is 3.56. The number of carbonyl (C=O) groups excluding carboxylic acids is 1. The molecular formula is C9H8ClF3N4O. The van der Waals surface area contributed by atoms with E-state index in [-0.39, 0.29) is 5.02 Å². The van der Waals surface area contributed by atoms with Crippen molar-refractivity contribution in [2.45, 2.75) is 6.18 Å². The van der Waals surface area contributed by atoms with Gasteiger partial charge in [-0.25, -0.2) is 4.79 Å². The molecule has 1 rings (SSSR count). The van der Waals surface area contributed by atoms with E-state index in [1.165, 1.54) is 6.07 Å². The lowest BCUT2D eigenvalue weighted by Gasteiger charge is -2.15. The summed E-state index contributed by atoms with van der Waals surface area (Å²) in [7, 11) is 0. The number of carbonyl (C=O) groups is 1. The van der Waals surface area contributed by atoms with Crippen LogP contribution in [-0.2, 0) is 6.18 Å². The van der Waals surface area contributed by atoms with Crippen LogP contribution in [0.1, 0.15) is 5.56 Å². The van der Waals surface area contributed by atoms with Gasteiger partial charge < -0.3 is 11.1 Å². The number of hydrogen-bond donors (Lipinski definition) is 4. The summed E-state index contributed by atoms with van der Waals surface area (Å²) < 4.78 is 37.9. The van der Waals surface area contributed by atoms with Gasteiger partial charge in [-0.15, -0.1) is 0 Å². The number of rotatable bonds is 1. The zero-order chi connectivity index (χ0) is 13.9. The van der Waals surface area contributed by atoms with E-state index in [1.54, 1.807) is 5.32 Å². The molecule has 2 amide bonds. The molecule has 0 saturated carbocycles. The fourth-order valence-electron chi connectivity index (χ4n) is 1.15. The molecule has 1 aromatic rings. The molecule has 5 N–H and O–H groups in total. The quantitative estimate of drug-likeness (QED) is 0.470. The van der Waals surface area contributed by atoms with Gasteiger partial charge in [-0.05, 0) is 12.1 Å². The first-order chi connectivity index (χ1) is 8.21. The van der Waals surface area contributed by atoms with Crippen molar-refractivity contribution in [3.05, 3.63) is 28.8 Å². The minimum Gasteiger partial charge on any atom is -0.370 e. The van der Waals surface area contributed by atoms with Crippen LogP contribution in [0.3, 0.4) is 0 Å². The largest absolute Gasteiger partial charge is 0.418 e. The molecule has 5 nitrogen and oxygen atoms in total. The number of halogens is 4. The number of para-hydroxylation sites is 1. The zero-order valence-corrected chi connectivity index (χ0v) is 9.49. The second-order valence-electron chi connectivity index (χ2n) is 3.15. The van der Waals surface area contributed by atoms with Gasteiger partial charge in [0.05, 0.1) is 16.3 Å². The van der Waals surface area contributed by atoms with Gasteiger partial charge in [-0.1, -0.05) is 17.7 Å². The Morgan fingerprint density at radius 3 is 2.50 bits per heavy atom. The molecule has 0 fully saturated rings. The lowest BCUT2D eigenvalue weighted by molar-refractivity contribution is -0.136. The molecule has 0 heterocycles. The summed E-state index contributed by atoms with van der Waals surface area (Å²) in [5.41, 5.74) is 3.18. The van der Waals surface area contributed by atoms with E-state index < -0.39 is 29.4 Å². The summed E-state index contributed by atoms with van der Waals surface area (Å²) in [5.74, 6) is -0.701. The monoisotopic (exact) mass is 280 g/mol. The fourth-order valence-corrected chi connectivity index (χ4v) is 1.38. The maximum atomic E-state index is 12.6. The smallest absolute Gasteiger partial charge is 0.370 e. The lowest BCUT2D eigenvalue weighted by atomic mass is 10.1. The van der Waals surface area contributed by atoms with Crippen LogP contribution in [0.5, 0.6) is 0 Å². The van der Waals surface area contributed by atoms with E-state index in [0.717, 1.165) is 12.1 Å². The summed E-state index contributed by atoms with van der Waals surface area (Å²) in [6.45, 7) is 0. The average molecular weight is 281 g/mol. The van der Waals surface area contributed by atoms with Crippen LogP contribution in [-0.4, -0.2) is 12.0 Å². The topological polar surface area (TPSA) is 91.0 Å². The van der Waals surface area contributed by atoms with Crippen LogP contribution in [0.2, 0.25) is 5.02 Å². The molecule has 0 aliphatic heterocycles. The van der Waals surface area contributed by atoms with Crippen LogP contribution in [0.25, 0.3) is 0 Å². The van der Waals surface area contributed by atoms with Crippen molar-refractivity contribution in [3.8, 4) is 0 Å². The number of urea groups is 1. The molecule has 0 bridgehead atoms. The Kier molecular flexibility index (Phi) is 4.02. The summed E-state index contributed by atoms with van der Waals surface area (Å²) in [4.78, 5) is 11.2. The van der Waals surface area contributed by atoms with E-state index in [1.807, 2.05) is 5.32 Å². The van der Waals surface area contributed by atoms with E-state index >= 15 is 0 Å². The number of amides is 2. The SMILES string of the molecule is N=C(N)NC(=O)Nc1c(Cl)cccc1C(F)(F)F. The van der Waals surface area contributed by atoms with Crippen LogP contribution in [0.15, 0.2) is 18.2 Å². The second kappa shape index (κ2) is 5.13. The van der Waals surface area contributed by atoms with Crippen LogP contribution in [0, 0.1) is 5.41 Å². The molecule has 18 heavy (non-hydrogen) atoms. The van der Waals surface area contributed by atoms with Crippen molar-refractivity contribution in [1.82, 2.24) is 5.32 Å². The van der Waals surface area contributed by atoms with E-state index in [9.17, 15) is 18.0 Å². The predicted octanol–water partition coefficient (Wildman–Crippen LogP) is 2.37. The molecule has 0 atom stereocenters. The third kappa shape index (κ3) is 3.52. The maximum absolute atomic E-state index is 12.6. The Morgan fingerprint density at radius 2 is 2.00 bits per heavy atom. The Labute approximate surface area is 105 Å². The first-order valence-electron chi connectivity index (χ1n) is 4.49. The highest BCUT2D eigenvalue weighted by molar-refractivity contribution is 6.34. The Bertz CT molecular complexity index is 489. The number of nitrogens with one attached hydrogen (secondary N) is 3. The van der Waals surface area contributed by atoms with Crippen molar-refractivity contribution < 1.29 is 18.0 Å². The number of guanidine groups is 1. The van der Waals surface area contributed by atoms with Gasteiger partial charge in [-0.2, -0.15) is 13.2 Å². The molecule has 9 heteroatoms. The fraction of sp³-hybridized carbons (Fsp3) is 0.111. The minimum atomic E-state index is -4.66. The van der Waals surface area contributed by atoms with Crippen molar-refractivity contribution in [1.29, 1.82) is 5.41 Å². The minimum absolute atomic E-state index is 0.275. The Morgan fingerprint density at radius 1 is 1.39 bits per heavy atom. The normalized spacial score (nSPS) is 10.9. The van der Waals surface area contributed by atoms with Crippen LogP contribution in [0.4, 0.5) is 23.7 Å². The average Bonchev–Trinajstić information content (AvgIpc) is 2.18. The molecule has 0 spiro atoms. The van der Waals surface area contributed by atoms with E-state index in [0.29, 0.717) is 0 Å². The molecular weight excluding hydrogens is 273 g/mol. The van der Waals surface area contributed by atoms with Crippen LogP contribution >= 0.6 is 11.6 Å². The highest BCUT2D eigenvalue weighted by Crippen LogP contribution is 2.38. The third-order valence-corrected chi connectivity index (χ3v) is 2.12. The first-order valence-corrected chi connectivity index (χ1v) is 4.87. The van der Waals surface area contributed by atoms with E-state index in [2.05, 4.69) is 0 Å². The molecule has 0 aliphatic carbocycles. The number of nitrogens with two attached hydrogens (primary N) is 1. The number of alkyl halides is 3. The lowest BCUT2D eigenvalue weighted by Crippen LogP contribution is -2.39. The Hall–Kier alpha value is -1.96. The highest BCUT2D eigenvalue weighted by atomic mass is 35.5. The molecule has 0 aromatic heterocycles. The third-order valence-electron chi connectivity index (χ3n) is 1.81. The van der Waals surface area contributed by atoms with Crippen LogP contribution < -0.4 is 16.4 Å². The molecule has 0 aliphatic rings. The summed E-state index contributed by atoms with van der Waals surface area (Å²) in [6, 6.07) is 2.00. The van der Waals surface area contributed by atoms with Crippen molar-refractivity contribution >= 4 is 29.3 Å². The summed E-state index contributed by atoms with van der Waals surface area (Å²) >= 11 is 5.59. The maximum Gasteiger partial charge on any atom is 0.418 e. The van der Waals surface area contributed by atoms with Crippen molar-refractivity contribution in [2.75, 3.05) is 5.32 Å². The molecule has 98 valence electrons. The van der Waals surface area contributed by atoms with E-state index in [4.69, 9.17) is 22.7 Å². The summed E-state index contributed by atoms with van der Waals surface area (Å²) in [5, 5.41) is 10.2. The number of anilines is 1. The number of hydrogen-bond acceptors (Lipinski definition) is 2. The van der Waals surface area contributed by atoms with Gasteiger partial charge in [0.25, 0.3) is 0 Å². The van der Waals surface area contributed by atoms with Crippen molar-refractivity contribution in [3.63, 3.8) is 0 Å². The van der Waals surface area contributed by atoms with Gasteiger partial charge in [0.2, 0.25) is 0 Å². The predicted molar refractivity (Wildman–Crippen MR) is 60.5 cm³/mol. The molecule has 1 aromatic carbocycles. The van der Waals surface area contributed by atoms with Gasteiger partial charge in [-0.3, -0.25) is 10.7 Å². The molecule has 0 saturated heterocycles. The van der Waals surface area contributed by atoms with Gasteiger partial charge in [0.15, 0.2) is 5.96 Å². The van der Waals surface area contributed by atoms with Gasteiger partial charge in [0.1, 0.15) is 0 Å². The Balaban J connectivity index is 3.08. The molecule has 0 radical (unpaired) electrons. The standard InChI is InChI=1S/C9H8ClF3N4O/c10-5-3-1-2-4(9(11,12)13)6(5)16-8(18)17-7(14)15/h1-3H,(H5,14,15,16,17,18). The first kappa shape index (κ1) is 14.1. The van der Waals surface area contributed by atoms with Gasteiger partial charge in [0, 0.05) is 0 Å². The zero-order valence-electron chi connectivity index (χ0n) is 8.73. The van der Waals surface area contributed by atoms with Gasteiger partial charge >= 0.3 is 12.2 Å². The number of benzene rings is 1. The molecule has 0 unspecified atom stereocenters.